The number of carbonyl (C=O) groups is 1. The van der Waals surface area contributed by atoms with Gasteiger partial charge >= 0.3 is 6.18 Å². The molecule has 2 aromatic rings. The van der Waals surface area contributed by atoms with Crippen LogP contribution in [0.5, 0.6) is 11.5 Å². The predicted molar refractivity (Wildman–Crippen MR) is 106 cm³/mol. The fraction of sp³-hybridized carbons (Fsp3) is 0.278. The fourth-order valence-corrected chi connectivity index (χ4v) is 3.09. The maximum absolute atomic E-state index is 12.8. The summed E-state index contributed by atoms with van der Waals surface area (Å²) < 4.78 is 43.4. The maximum Gasteiger partial charge on any atom is 0.433 e. The number of methoxy groups -OCH3 is 1. The van der Waals surface area contributed by atoms with E-state index in [-0.39, 0.29) is 28.3 Å². The summed E-state index contributed by atoms with van der Waals surface area (Å²) in [5.74, 6) is -0.237. The zero-order chi connectivity index (χ0) is 21.8. The number of aromatic amines is 1. The average Bonchev–Trinajstić information content (AvgIpc) is 2.97. The van der Waals surface area contributed by atoms with E-state index in [1.165, 1.54) is 26.2 Å². The van der Waals surface area contributed by atoms with Gasteiger partial charge in [0.05, 0.1) is 23.7 Å². The van der Waals surface area contributed by atoms with E-state index in [0.29, 0.717) is 11.4 Å². The first-order valence-electron chi connectivity index (χ1n) is 8.22. The molecular formula is C18H19F3N4O3S. The van der Waals surface area contributed by atoms with E-state index in [2.05, 4.69) is 27.0 Å². The first-order chi connectivity index (χ1) is 13.5. The second kappa shape index (κ2) is 9.03. The van der Waals surface area contributed by atoms with Crippen molar-refractivity contribution in [2.45, 2.75) is 30.4 Å². The zero-order valence-electron chi connectivity index (χ0n) is 15.8. The van der Waals surface area contributed by atoms with E-state index < -0.39 is 17.1 Å². The van der Waals surface area contributed by atoms with Crippen molar-refractivity contribution >= 4 is 36.1 Å². The Kier molecular flexibility index (Phi) is 6.96. The van der Waals surface area contributed by atoms with Crippen LogP contribution in [0.4, 0.5) is 18.9 Å². The molecule has 0 aliphatic rings. The van der Waals surface area contributed by atoms with Crippen LogP contribution in [0.1, 0.15) is 18.3 Å². The van der Waals surface area contributed by atoms with Gasteiger partial charge in [-0.05, 0) is 38.8 Å². The average molecular weight is 428 g/mol. The highest BCUT2D eigenvalue weighted by molar-refractivity contribution is 8.00. The van der Waals surface area contributed by atoms with Crippen LogP contribution in [0.25, 0.3) is 6.08 Å². The Balaban J connectivity index is 2.10. The number of rotatable bonds is 7. The van der Waals surface area contributed by atoms with Gasteiger partial charge in [-0.15, -0.1) is 0 Å². The molecule has 0 aliphatic heterocycles. The van der Waals surface area contributed by atoms with Crippen LogP contribution in [-0.4, -0.2) is 46.2 Å². The molecular weight excluding hydrogens is 409 g/mol. The lowest BCUT2D eigenvalue weighted by Crippen LogP contribution is -2.22. The van der Waals surface area contributed by atoms with Gasteiger partial charge in [0, 0.05) is 11.8 Å². The van der Waals surface area contributed by atoms with E-state index in [0.717, 1.165) is 17.8 Å². The third kappa shape index (κ3) is 5.76. The van der Waals surface area contributed by atoms with Crippen molar-refractivity contribution in [1.29, 1.82) is 0 Å². The largest absolute Gasteiger partial charge is 0.504 e. The number of aromatic nitrogens is 2. The summed E-state index contributed by atoms with van der Waals surface area (Å²) in [6, 6.07) is 4.41. The van der Waals surface area contributed by atoms with Crippen LogP contribution >= 0.6 is 11.8 Å². The van der Waals surface area contributed by atoms with Gasteiger partial charge in [-0.25, -0.2) is 4.98 Å². The molecule has 29 heavy (non-hydrogen) atoms. The van der Waals surface area contributed by atoms with Crippen molar-refractivity contribution in [1.82, 2.24) is 9.97 Å². The summed E-state index contributed by atoms with van der Waals surface area (Å²) in [7, 11) is 1.41. The molecule has 156 valence electrons. The third-order valence-electron chi connectivity index (χ3n) is 3.75. The molecule has 1 amide bonds. The Bertz CT molecular complexity index is 941. The summed E-state index contributed by atoms with van der Waals surface area (Å²) in [5.41, 5.74) is -0.330. The molecule has 1 aromatic heterocycles. The molecule has 0 fully saturated rings. The molecule has 0 saturated heterocycles. The van der Waals surface area contributed by atoms with Gasteiger partial charge in [0.1, 0.15) is 5.70 Å². The quantitative estimate of drug-likeness (QED) is 0.454. The van der Waals surface area contributed by atoms with Crippen LogP contribution in [0.3, 0.4) is 0 Å². The Morgan fingerprint density at radius 2 is 2.17 bits per heavy atom. The van der Waals surface area contributed by atoms with Crippen molar-refractivity contribution < 1.29 is 27.8 Å². The van der Waals surface area contributed by atoms with Crippen molar-refractivity contribution in [2.24, 2.45) is 4.99 Å². The van der Waals surface area contributed by atoms with E-state index >= 15 is 0 Å². The number of ether oxygens (including phenoxy) is 1. The molecule has 1 aromatic carbocycles. The van der Waals surface area contributed by atoms with Gasteiger partial charge < -0.3 is 20.1 Å². The number of halogens is 3. The smallest absolute Gasteiger partial charge is 0.433 e. The lowest BCUT2D eigenvalue weighted by Gasteiger charge is -2.11. The SMILES string of the molecule is C=N/C(=C\c1[nH]c(SC(C)C(=O)Nc2ccc(OC)c(O)c2)nc1C)C(F)(F)F. The van der Waals surface area contributed by atoms with Crippen LogP contribution in [0.2, 0.25) is 0 Å². The number of hydrogen-bond donors (Lipinski definition) is 3. The molecule has 1 unspecified atom stereocenters. The summed E-state index contributed by atoms with van der Waals surface area (Å²) >= 11 is 1.04. The van der Waals surface area contributed by atoms with Crippen molar-refractivity contribution in [2.75, 3.05) is 12.4 Å². The number of allylic oxidation sites excluding steroid dienone is 1. The second-order valence-corrected chi connectivity index (χ2v) is 7.19. The highest BCUT2D eigenvalue weighted by Crippen LogP contribution is 2.31. The van der Waals surface area contributed by atoms with E-state index in [4.69, 9.17) is 4.74 Å². The number of aryl methyl sites for hydroxylation is 1. The predicted octanol–water partition coefficient (Wildman–Crippen LogP) is 4.16. The number of nitrogens with zero attached hydrogens (tertiary/aromatic N) is 2. The zero-order valence-corrected chi connectivity index (χ0v) is 16.6. The molecule has 0 bridgehead atoms. The number of benzene rings is 1. The van der Waals surface area contributed by atoms with Crippen LogP contribution in [0, 0.1) is 6.92 Å². The Labute approximate surface area is 169 Å². The van der Waals surface area contributed by atoms with Crippen LogP contribution in [-0.2, 0) is 4.79 Å². The number of aromatic hydroxyl groups is 1. The molecule has 1 heterocycles. The number of anilines is 1. The van der Waals surface area contributed by atoms with Crippen molar-refractivity contribution in [3.05, 3.63) is 35.3 Å². The number of nitrogens with one attached hydrogen (secondary N) is 2. The number of aliphatic imine (C=N–C) groups is 1. The minimum Gasteiger partial charge on any atom is -0.504 e. The Hall–Kier alpha value is -2.95. The molecule has 0 spiro atoms. The molecule has 0 radical (unpaired) electrons. The lowest BCUT2D eigenvalue weighted by molar-refractivity contribution is -0.115. The topological polar surface area (TPSA) is 99.6 Å². The number of alkyl halides is 3. The van der Waals surface area contributed by atoms with E-state index in [9.17, 15) is 23.1 Å². The van der Waals surface area contributed by atoms with Gasteiger partial charge in [0.25, 0.3) is 0 Å². The molecule has 0 aliphatic carbocycles. The summed E-state index contributed by atoms with van der Waals surface area (Å²) in [6.07, 6.45) is -3.83. The number of carbonyl (C=O) groups excluding carboxylic acids is 1. The second-order valence-electron chi connectivity index (χ2n) is 5.86. The number of phenols is 1. The highest BCUT2D eigenvalue weighted by Gasteiger charge is 2.33. The number of imidazole rings is 1. The van der Waals surface area contributed by atoms with Gasteiger partial charge in [0.2, 0.25) is 5.91 Å². The lowest BCUT2D eigenvalue weighted by atomic mass is 10.2. The van der Waals surface area contributed by atoms with Crippen LogP contribution < -0.4 is 10.1 Å². The third-order valence-corrected chi connectivity index (χ3v) is 4.73. The molecule has 0 saturated carbocycles. The number of amides is 1. The highest BCUT2D eigenvalue weighted by atomic mass is 32.2. The number of phenolic OH excluding ortho intramolecular Hbond substituents is 1. The monoisotopic (exact) mass is 428 g/mol. The summed E-state index contributed by atoms with van der Waals surface area (Å²) in [6.45, 7) is 6.08. The van der Waals surface area contributed by atoms with Gasteiger partial charge in [-0.1, -0.05) is 11.8 Å². The summed E-state index contributed by atoms with van der Waals surface area (Å²) in [5, 5.41) is 12.1. The van der Waals surface area contributed by atoms with Crippen molar-refractivity contribution in [3.63, 3.8) is 0 Å². The Morgan fingerprint density at radius 1 is 1.48 bits per heavy atom. The molecule has 7 nitrogen and oxygen atoms in total. The van der Waals surface area contributed by atoms with E-state index in [1.807, 2.05) is 0 Å². The minimum atomic E-state index is -4.64. The Morgan fingerprint density at radius 3 is 2.72 bits per heavy atom. The van der Waals surface area contributed by atoms with Gasteiger partial charge in [-0.3, -0.25) is 9.79 Å². The first kappa shape index (κ1) is 22.3. The standard InChI is InChI=1S/C18H19F3N4O3S/c1-9-12(8-15(22-3)18(19,20)21)25-17(23-9)29-10(2)16(27)24-11-5-6-14(28-4)13(26)7-11/h5-8,10,26H,3H2,1-2,4H3,(H,23,25)(H,24,27)/b15-8-. The normalized spacial score (nSPS) is 13.1. The molecule has 11 heteroatoms. The number of hydrogen-bond acceptors (Lipinski definition) is 6. The van der Waals surface area contributed by atoms with E-state index in [1.54, 1.807) is 13.0 Å². The van der Waals surface area contributed by atoms with Crippen LogP contribution in [0.15, 0.2) is 34.0 Å². The summed E-state index contributed by atoms with van der Waals surface area (Å²) in [4.78, 5) is 22.2. The fourth-order valence-electron chi connectivity index (χ4n) is 2.23. The van der Waals surface area contributed by atoms with Crippen molar-refractivity contribution in [3.8, 4) is 11.5 Å². The molecule has 3 N–H and O–H groups in total. The first-order valence-corrected chi connectivity index (χ1v) is 9.09. The number of thioether (sulfide) groups is 1. The van der Waals surface area contributed by atoms with Gasteiger partial charge in [-0.2, -0.15) is 13.2 Å². The minimum absolute atomic E-state index is 0.125. The number of H-pyrrole nitrogens is 1. The maximum atomic E-state index is 12.8. The molecule has 2 rings (SSSR count). The molecule has 1 atom stereocenters. The van der Waals surface area contributed by atoms with Gasteiger partial charge in [0.15, 0.2) is 16.7 Å².